The van der Waals surface area contributed by atoms with Gasteiger partial charge in [-0.05, 0) is 31.4 Å². The standard InChI is InChI=1S/C22H20N2O5S2/c1-11-12(2)31-22(23-11)24-17(13-7-5-8-14(28-3)20(13)29-4)16(19(26)21(24)27)18(25)15-9-6-10-30-15/h5-10,17,26H,1-4H3. The first-order valence-electron chi connectivity index (χ1n) is 9.38. The minimum atomic E-state index is -0.919. The number of aromatic nitrogens is 1. The zero-order valence-electron chi connectivity index (χ0n) is 17.3. The van der Waals surface area contributed by atoms with E-state index in [4.69, 9.17) is 9.47 Å². The predicted octanol–water partition coefficient (Wildman–Crippen LogP) is 4.62. The molecule has 0 aliphatic carbocycles. The molecule has 1 atom stereocenters. The Kier molecular flexibility index (Phi) is 5.55. The van der Waals surface area contributed by atoms with Gasteiger partial charge in [0.2, 0.25) is 5.78 Å². The molecule has 0 radical (unpaired) electrons. The molecule has 2 aromatic heterocycles. The van der Waals surface area contributed by atoms with Crippen LogP contribution in [0.15, 0.2) is 47.0 Å². The van der Waals surface area contributed by atoms with Crippen molar-refractivity contribution < 1.29 is 24.2 Å². The molecule has 1 unspecified atom stereocenters. The van der Waals surface area contributed by atoms with Crippen molar-refractivity contribution in [3.05, 3.63) is 68.1 Å². The summed E-state index contributed by atoms with van der Waals surface area (Å²) in [5.41, 5.74) is 1.29. The highest BCUT2D eigenvalue weighted by Gasteiger charge is 2.47. The van der Waals surface area contributed by atoms with Crippen molar-refractivity contribution in [3.8, 4) is 11.5 Å². The van der Waals surface area contributed by atoms with Crippen LogP contribution in [0.2, 0.25) is 0 Å². The third-order valence-electron chi connectivity index (χ3n) is 5.15. The zero-order chi connectivity index (χ0) is 22.3. The number of aryl methyl sites for hydroxylation is 2. The van der Waals surface area contributed by atoms with Gasteiger partial charge in [0.05, 0.1) is 30.4 Å². The molecule has 7 nitrogen and oxygen atoms in total. The van der Waals surface area contributed by atoms with Crippen molar-refractivity contribution in [1.29, 1.82) is 0 Å². The largest absolute Gasteiger partial charge is 0.503 e. The number of hydrogen-bond acceptors (Lipinski definition) is 8. The van der Waals surface area contributed by atoms with Crippen molar-refractivity contribution in [2.45, 2.75) is 19.9 Å². The Morgan fingerprint density at radius 1 is 1.16 bits per heavy atom. The predicted molar refractivity (Wildman–Crippen MR) is 120 cm³/mol. The topological polar surface area (TPSA) is 89.0 Å². The number of carbonyl (C=O) groups excluding carboxylic acids is 2. The van der Waals surface area contributed by atoms with Crippen LogP contribution in [-0.2, 0) is 4.79 Å². The zero-order valence-corrected chi connectivity index (χ0v) is 19.0. The molecule has 1 amide bonds. The molecule has 160 valence electrons. The fourth-order valence-corrected chi connectivity index (χ4v) is 5.17. The lowest BCUT2D eigenvalue weighted by molar-refractivity contribution is -0.117. The first-order chi connectivity index (χ1) is 14.9. The van der Waals surface area contributed by atoms with E-state index in [1.807, 2.05) is 13.8 Å². The lowest BCUT2D eigenvalue weighted by atomic mass is 9.94. The van der Waals surface area contributed by atoms with Gasteiger partial charge < -0.3 is 14.6 Å². The third-order valence-corrected chi connectivity index (χ3v) is 7.09. The summed E-state index contributed by atoms with van der Waals surface area (Å²) < 4.78 is 11.0. The second-order valence-electron chi connectivity index (χ2n) is 6.87. The lowest BCUT2D eigenvalue weighted by Gasteiger charge is -2.26. The van der Waals surface area contributed by atoms with Gasteiger partial charge in [-0.3, -0.25) is 14.5 Å². The van der Waals surface area contributed by atoms with E-state index >= 15 is 0 Å². The molecule has 0 fully saturated rings. The number of Topliss-reactive ketones (excluding diaryl/α,β-unsaturated/α-hetero) is 1. The van der Waals surface area contributed by atoms with Crippen molar-refractivity contribution in [2.24, 2.45) is 0 Å². The van der Waals surface area contributed by atoms with Gasteiger partial charge in [-0.2, -0.15) is 0 Å². The van der Waals surface area contributed by atoms with E-state index in [0.29, 0.717) is 27.1 Å². The van der Waals surface area contributed by atoms with E-state index in [9.17, 15) is 14.7 Å². The van der Waals surface area contributed by atoms with E-state index < -0.39 is 23.5 Å². The van der Waals surface area contributed by atoms with Gasteiger partial charge in [-0.1, -0.05) is 18.2 Å². The molecule has 31 heavy (non-hydrogen) atoms. The number of ether oxygens (including phenoxy) is 2. The molecule has 1 aromatic carbocycles. The smallest absolute Gasteiger partial charge is 0.296 e. The van der Waals surface area contributed by atoms with E-state index in [0.717, 1.165) is 10.6 Å². The van der Waals surface area contributed by atoms with Crippen LogP contribution in [-0.4, -0.2) is 36.0 Å². The van der Waals surface area contributed by atoms with E-state index in [2.05, 4.69) is 4.98 Å². The highest BCUT2D eigenvalue weighted by Crippen LogP contribution is 2.48. The number of ketones is 1. The highest BCUT2D eigenvalue weighted by atomic mass is 32.1. The molecule has 0 saturated carbocycles. The highest BCUT2D eigenvalue weighted by molar-refractivity contribution is 7.16. The molecule has 3 aromatic rings. The number of thiophene rings is 1. The molecule has 0 saturated heterocycles. The Morgan fingerprint density at radius 3 is 2.52 bits per heavy atom. The Hall–Kier alpha value is -3.17. The Morgan fingerprint density at radius 2 is 1.94 bits per heavy atom. The van der Waals surface area contributed by atoms with Crippen LogP contribution in [0.5, 0.6) is 11.5 Å². The van der Waals surface area contributed by atoms with Crippen LogP contribution in [0, 0.1) is 13.8 Å². The summed E-state index contributed by atoms with van der Waals surface area (Å²) in [5.74, 6) is -0.845. The normalized spacial score (nSPS) is 16.2. The van der Waals surface area contributed by atoms with Gasteiger partial charge in [0.15, 0.2) is 22.4 Å². The first kappa shape index (κ1) is 21.1. The van der Waals surface area contributed by atoms with Gasteiger partial charge in [0, 0.05) is 10.4 Å². The monoisotopic (exact) mass is 456 g/mol. The summed E-state index contributed by atoms with van der Waals surface area (Å²) in [4.78, 5) is 33.8. The second kappa shape index (κ2) is 8.16. The van der Waals surface area contributed by atoms with E-state index in [1.165, 1.54) is 41.8 Å². The number of amides is 1. The fraction of sp³-hybridized carbons (Fsp3) is 0.227. The number of rotatable bonds is 6. The van der Waals surface area contributed by atoms with Crippen molar-refractivity contribution >= 4 is 39.5 Å². The van der Waals surface area contributed by atoms with Crippen LogP contribution in [0.1, 0.15) is 31.8 Å². The maximum atomic E-state index is 13.4. The molecule has 1 N–H and O–H groups in total. The van der Waals surface area contributed by atoms with Gasteiger partial charge in [-0.25, -0.2) is 4.98 Å². The molecule has 1 aliphatic rings. The minimum Gasteiger partial charge on any atom is -0.503 e. The number of benzene rings is 1. The van der Waals surface area contributed by atoms with Crippen LogP contribution in [0.4, 0.5) is 5.13 Å². The number of para-hydroxylation sites is 1. The number of thiazole rings is 1. The average Bonchev–Trinajstić information content (AvgIpc) is 3.47. The maximum absolute atomic E-state index is 13.4. The summed E-state index contributed by atoms with van der Waals surface area (Å²) in [7, 11) is 3.00. The third kappa shape index (κ3) is 3.39. The lowest BCUT2D eigenvalue weighted by Crippen LogP contribution is -2.31. The van der Waals surface area contributed by atoms with Gasteiger partial charge >= 0.3 is 0 Å². The van der Waals surface area contributed by atoms with Gasteiger partial charge in [0.1, 0.15) is 6.04 Å². The average molecular weight is 457 g/mol. The molecule has 9 heteroatoms. The maximum Gasteiger partial charge on any atom is 0.296 e. The number of nitrogens with zero attached hydrogens (tertiary/aromatic N) is 2. The molecule has 4 rings (SSSR count). The van der Waals surface area contributed by atoms with Crippen LogP contribution >= 0.6 is 22.7 Å². The van der Waals surface area contributed by atoms with Crippen molar-refractivity contribution in [2.75, 3.05) is 19.1 Å². The Bertz CT molecular complexity index is 1180. The molecular formula is C22H20N2O5S2. The van der Waals surface area contributed by atoms with Crippen molar-refractivity contribution in [1.82, 2.24) is 4.98 Å². The number of carbonyl (C=O) groups is 2. The molecule has 0 spiro atoms. The molecular weight excluding hydrogens is 436 g/mol. The second-order valence-corrected chi connectivity index (χ2v) is 9.00. The Balaban J connectivity index is 1.96. The van der Waals surface area contributed by atoms with Crippen LogP contribution in [0.25, 0.3) is 0 Å². The van der Waals surface area contributed by atoms with Gasteiger partial charge in [-0.15, -0.1) is 22.7 Å². The van der Waals surface area contributed by atoms with E-state index in [-0.39, 0.29) is 5.57 Å². The Labute approximate surface area is 187 Å². The SMILES string of the molecule is COc1cccc(C2C(C(=O)c3cccs3)=C(O)C(=O)N2c2nc(C)c(C)s2)c1OC. The molecule has 1 aliphatic heterocycles. The number of anilines is 1. The summed E-state index contributed by atoms with van der Waals surface area (Å²) in [6, 6.07) is 7.72. The number of aliphatic hydroxyl groups excluding tert-OH is 1. The number of hydrogen-bond donors (Lipinski definition) is 1. The summed E-state index contributed by atoms with van der Waals surface area (Å²) in [5, 5.41) is 13.0. The number of aliphatic hydroxyl groups is 1. The van der Waals surface area contributed by atoms with Crippen LogP contribution < -0.4 is 14.4 Å². The van der Waals surface area contributed by atoms with Gasteiger partial charge in [0.25, 0.3) is 5.91 Å². The minimum absolute atomic E-state index is 0.00971. The van der Waals surface area contributed by atoms with Crippen molar-refractivity contribution in [3.63, 3.8) is 0 Å². The summed E-state index contributed by atoms with van der Waals surface area (Å²) in [6.07, 6.45) is 0. The number of methoxy groups -OCH3 is 2. The molecule has 0 bridgehead atoms. The fourth-order valence-electron chi connectivity index (χ4n) is 3.56. The quantitative estimate of drug-likeness (QED) is 0.545. The summed E-state index contributed by atoms with van der Waals surface area (Å²) in [6.45, 7) is 3.76. The molecule has 3 heterocycles. The van der Waals surface area contributed by atoms with E-state index in [1.54, 1.807) is 35.7 Å². The van der Waals surface area contributed by atoms with Crippen LogP contribution in [0.3, 0.4) is 0 Å². The first-order valence-corrected chi connectivity index (χ1v) is 11.1. The summed E-state index contributed by atoms with van der Waals surface area (Å²) >= 11 is 2.57.